The number of nitrogens with zero attached hydrogens (tertiary/aromatic N) is 2. The minimum atomic E-state index is 0.384. The van der Waals surface area contributed by atoms with Crippen LogP contribution >= 0.6 is 0 Å². The molecule has 0 bridgehead atoms. The second-order valence-corrected chi connectivity index (χ2v) is 6.81. The van der Waals surface area contributed by atoms with Gasteiger partial charge in [-0.1, -0.05) is 0 Å². The lowest BCUT2D eigenvalue weighted by Gasteiger charge is -2.24. The normalized spacial score (nSPS) is 21.4. The lowest BCUT2D eigenvalue weighted by molar-refractivity contribution is 0.0684. The van der Waals surface area contributed by atoms with E-state index in [-0.39, 0.29) is 0 Å². The van der Waals surface area contributed by atoms with E-state index in [2.05, 4.69) is 9.88 Å². The highest BCUT2D eigenvalue weighted by molar-refractivity contribution is 5.51. The molecule has 0 unspecified atom stereocenters. The average molecular weight is 316 g/mol. The molecule has 1 aliphatic carbocycles. The molecule has 23 heavy (non-hydrogen) atoms. The smallest absolute Gasteiger partial charge is 0.229 e. The zero-order chi connectivity index (χ0) is 15.6. The van der Waals surface area contributed by atoms with Gasteiger partial charge in [-0.15, -0.1) is 0 Å². The Hall–Kier alpha value is -1.59. The highest BCUT2D eigenvalue weighted by Crippen LogP contribution is 2.31. The zero-order valence-corrected chi connectivity index (χ0v) is 13.7. The molecular formula is C18H24N2O3. The lowest BCUT2D eigenvalue weighted by Crippen LogP contribution is -2.33. The molecule has 4 rings (SSSR count). The van der Waals surface area contributed by atoms with Crippen LogP contribution in [0, 0.1) is 12.8 Å². The Balaban J connectivity index is 1.46. The molecule has 1 saturated heterocycles. The summed E-state index contributed by atoms with van der Waals surface area (Å²) in [6.45, 7) is 5.89. The van der Waals surface area contributed by atoms with Crippen LogP contribution in [0.25, 0.3) is 11.5 Å². The van der Waals surface area contributed by atoms with Crippen molar-refractivity contribution < 1.29 is 13.6 Å². The van der Waals surface area contributed by atoms with Gasteiger partial charge in [-0.3, -0.25) is 4.90 Å². The van der Waals surface area contributed by atoms with E-state index >= 15 is 0 Å². The third-order valence-electron chi connectivity index (χ3n) is 4.73. The Morgan fingerprint density at radius 1 is 1.26 bits per heavy atom. The fourth-order valence-corrected chi connectivity index (χ4v) is 3.24. The van der Waals surface area contributed by atoms with E-state index in [9.17, 15) is 0 Å². The maximum atomic E-state index is 5.82. The summed E-state index contributed by atoms with van der Waals surface area (Å²) in [6.07, 6.45) is 8.79. The van der Waals surface area contributed by atoms with Crippen molar-refractivity contribution in [3.8, 4) is 11.5 Å². The molecule has 0 radical (unpaired) electrons. The van der Waals surface area contributed by atoms with Gasteiger partial charge in [-0.25, -0.2) is 4.98 Å². The second-order valence-electron chi connectivity index (χ2n) is 6.81. The van der Waals surface area contributed by atoms with Gasteiger partial charge >= 0.3 is 0 Å². The number of ether oxygens (including phenoxy) is 1. The van der Waals surface area contributed by atoms with Crippen LogP contribution in [0.4, 0.5) is 0 Å². The monoisotopic (exact) mass is 316 g/mol. The van der Waals surface area contributed by atoms with Crippen LogP contribution in [0.2, 0.25) is 0 Å². The largest absolute Gasteiger partial charge is 0.472 e. The van der Waals surface area contributed by atoms with Crippen LogP contribution in [0.1, 0.15) is 37.1 Å². The van der Waals surface area contributed by atoms with Crippen LogP contribution in [-0.4, -0.2) is 35.7 Å². The molecule has 0 N–H and O–H groups in total. The van der Waals surface area contributed by atoms with E-state index in [0.29, 0.717) is 12.0 Å². The number of furan rings is 1. The maximum Gasteiger partial charge on any atom is 0.229 e. The van der Waals surface area contributed by atoms with E-state index in [4.69, 9.17) is 13.6 Å². The van der Waals surface area contributed by atoms with E-state index in [1.165, 1.54) is 25.7 Å². The molecule has 1 saturated carbocycles. The Morgan fingerprint density at radius 3 is 2.87 bits per heavy atom. The first-order valence-electron chi connectivity index (χ1n) is 8.61. The number of oxazole rings is 1. The van der Waals surface area contributed by atoms with Gasteiger partial charge in [0, 0.05) is 26.2 Å². The standard InChI is InChI=1S/C18H24N2O3/c1-13-17(19-18(23-13)15-6-8-21-12-15)11-20(9-14-4-5-14)10-16-3-2-7-22-16/h6,8,12,14,16H,2-5,7,9-11H2,1H3/t16-/m1/s1. The van der Waals surface area contributed by atoms with E-state index < -0.39 is 0 Å². The Labute approximate surface area is 136 Å². The van der Waals surface area contributed by atoms with E-state index in [1.807, 2.05) is 13.0 Å². The first-order valence-corrected chi connectivity index (χ1v) is 8.61. The van der Waals surface area contributed by atoms with Gasteiger partial charge < -0.3 is 13.6 Å². The van der Waals surface area contributed by atoms with Crippen molar-refractivity contribution in [1.29, 1.82) is 0 Å². The van der Waals surface area contributed by atoms with Crippen LogP contribution in [0.3, 0.4) is 0 Å². The van der Waals surface area contributed by atoms with Crippen LogP contribution < -0.4 is 0 Å². The number of hydrogen-bond donors (Lipinski definition) is 0. The molecule has 1 atom stereocenters. The third kappa shape index (κ3) is 3.67. The van der Waals surface area contributed by atoms with Gasteiger partial charge in [0.25, 0.3) is 0 Å². The van der Waals surface area contributed by atoms with Gasteiger partial charge in [-0.2, -0.15) is 0 Å². The molecule has 2 aliphatic rings. The predicted octanol–water partition coefficient (Wildman–Crippen LogP) is 3.63. The average Bonchev–Trinajstić information content (AvgIpc) is 2.99. The van der Waals surface area contributed by atoms with Crippen molar-refractivity contribution in [3.05, 3.63) is 30.0 Å². The molecule has 1 aliphatic heterocycles. The quantitative estimate of drug-likeness (QED) is 0.780. The van der Waals surface area contributed by atoms with Crippen molar-refractivity contribution in [2.24, 2.45) is 5.92 Å². The molecule has 2 aromatic heterocycles. The first-order chi connectivity index (χ1) is 11.3. The Morgan fingerprint density at radius 2 is 2.17 bits per heavy atom. The van der Waals surface area contributed by atoms with Crippen molar-refractivity contribution in [2.75, 3.05) is 19.7 Å². The highest BCUT2D eigenvalue weighted by Gasteiger charge is 2.28. The van der Waals surface area contributed by atoms with Crippen molar-refractivity contribution >= 4 is 0 Å². The number of hydrogen-bond acceptors (Lipinski definition) is 5. The molecule has 0 amide bonds. The summed E-state index contributed by atoms with van der Waals surface area (Å²) in [5.41, 5.74) is 1.92. The topological polar surface area (TPSA) is 51.6 Å². The SMILES string of the molecule is Cc1oc(-c2ccoc2)nc1CN(CC1CC1)C[C@H]1CCCO1. The summed E-state index contributed by atoms with van der Waals surface area (Å²) in [6, 6.07) is 1.88. The van der Waals surface area contributed by atoms with Crippen LogP contribution in [0.15, 0.2) is 27.4 Å². The number of rotatable bonds is 7. The third-order valence-corrected chi connectivity index (χ3v) is 4.73. The molecule has 0 aromatic carbocycles. The lowest BCUT2D eigenvalue weighted by atomic mass is 10.2. The number of aromatic nitrogens is 1. The van der Waals surface area contributed by atoms with Gasteiger partial charge in [0.2, 0.25) is 5.89 Å². The van der Waals surface area contributed by atoms with Crippen molar-refractivity contribution in [3.63, 3.8) is 0 Å². The fraction of sp³-hybridized carbons (Fsp3) is 0.611. The summed E-state index contributed by atoms with van der Waals surface area (Å²) >= 11 is 0. The first kappa shape index (κ1) is 15.0. The Bertz CT molecular complexity index is 625. The summed E-state index contributed by atoms with van der Waals surface area (Å²) in [4.78, 5) is 7.18. The molecule has 124 valence electrons. The Kier molecular flexibility index (Phi) is 4.23. The maximum absolute atomic E-state index is 5.82. The predicted molar refractivity (Wildman–Crippen MR) is 85.9 cm³/mol. The molecule has 5 heteroatoms. The van der Waals surface area contributed by atoms with Crippen molar-refractivity contribution in [2.45, 2.75) is 45.3 Å². The summed E-state index contributed by atoms with van der Waals surface area (Å²) in [5.74, 6) is 2.40. The van der Waals surface area contributed by atoms with Gasteiger partial charge in [-0.05, 0) is 44.6 Å². The zero-order valence-electron chi connectivity index (χ0n) is 13.7. The van der Waals surface area contributed by atoms with Crippen molar-refractivity contribution in [1.82, 2.24) is 9.88 Å². The molecule has 3 heterocycles. The van der Waals surface area contributed by atoms with E-state index in [0.717, 1.165) is 49.2 Å². The molecular weight excluding hydrogens is 292 g/mol. The number of aryl methyl sites for hydroxylation is 1. The van der Waals surface area contributed by atoms with E-state index in [1.54, 1.807) is 12.5 Å². The molecule has 0 spiro atoms. The minimum absolute atomic E-state index is 0.384. The summed E-state index contributed by atoms with van der Waals surface area (Å²) < 4.78 is 16.8. The summed E-state index contributed by atoms with van der Waals surface area (Å²) in [5, 5.41) is 0. The van der Waals surface area contributed by atoms with Crippen LogP contribution in [0.5, 0.6) is 0 Å². The molecule has 2 fully saturated rings. The highest BCUT2D eigenvalue weighted by atomic mass is 16.5. The van der Waals surface area contributed by atoms with Crippen LogP contribution in [-0.2, 0) is 11.3 Å². The fourth-order valence-electron chi connectivity index (χ4n) is 3.24. The summed E-state index contributed by atoms with van der Waals surface area (Å²) in [7, 11) is 0. The molecule has 2 aromatic rings. The van der Waals surface area contributed by atoms with Gasteiger partial charge in [0.15, 0.2) is 0 Å². The second kappa shape index (κ2) is 6.49. The molecule has 5 nitrogen and oxygen atoms in total. The minimum Gasteiger partial charge on any atom is -0.472 e. The van der Waals surface area contributed by atoms with Gasteiger partial charge in [0.1, 0.15) is 12.0 Å². The van der Waals surface area contributed by atoms with Gasteiger partial charge in [0.05, 0.1) is 23.6 Å².